The molecule has 0 bridgehead atoms. The van der Waals surface area contributed by atoms with Crippen LogP contribution >= 0.6 is 0 Å². The minimum atomic E-state index is -0.297. The van der Waals surface area contributed by atoms with E-state index in [0.717, 1.165) is 18.4 Å². The summed E-state index contributed by atoms with van der Waals surface area (Å²) in [5.41, 5.74) is 2.08. The molecule has 106 valence electrons. The molecule has 5 heteroatoms. The van der Waals surface area contributed by atoms with Crippen molar-refractivity contribution in [3.05, 3.63) is 42.2 Å². The van der Waals surface area contributed by atoms with Crippen molar-refractivity contribution in [3.8, 4) is 22.9 Å². The first kappa shape index (κ1) is 12.2. The molecule has 0 radical (unpaired) electrons. The van der Waals surface area contributed by atoms with E-state index in [-0.39, 0.29) is 17.3 Å². The lowest BCUT2D eigenvalue weighted by atomic mass is 10.2. The molecule has 0 aliphatic heterocycles. The Kier molecular flexibility index (Phi) is 2.45. The Bertz CT molecular complexity index is 833. The number of hydrogen-bond donors (Lipinski definition) is 2. The molecular formula is C16H13FN2O2. The van der Waals surface area contributed by atoms with Crippen LogP contribution in [0, 0.1) is 5.82 Å². The largest absolute Gasteiger partial charge is 0.508 e. The molecule has 3 aromatic rings. The molecule has 0 spiro atoms. The van der Waals surface area contributed by atoms with Gasteiger partial charge in [-0.1, -0.05) is 0 Å². The zero-order chi connectivity index (χ0) is 14.6. The highest BCUT2D eigenvalue weighted by Crippen LogP contribution is 2.42. The van der Waals surface area contributed by atoms with E-state index in [0.29, 0.717) is 22.9 Å². The lowest BCUT2D eigenvalue weighted by Gasteiger charge is -2.08. The predicted octanol–water partition coefficient (Wildman–Crippen LogP) is 3.59. The van der Waals surface area contributed by atoms with Crippen molar-refractivity contribution in [2.45, 2.75) is 18.9 Å². The molecule has 4 nitrogen and oxygen atoms in total. The second-order valence-corrected chi connectivity index (χ2v) is 5.41. The summed E-state index contributed by atoms with van der Waals surface area (Å²) in [6.45, 7) is 0. The maximum absolute atomic E-state index is 13.5. The van der Waals surface area contributed by atoms with Gasteiger partial charge in [-0.3, -0.25) is 0 Å². The third-order valence-corrected chi connectivity index (χ3v) is 3.72. The minimum absolute atomic E-state index is 0.0226. The Labute approximate surface area is 120 Å². The van der Waals surface area contributed by atoms with Gasteiger partial charge in [-0.25, -0.2) is 9.37 Å². The number of fused-ring (bicyclic) bond motifs is 1. The number of hydrogen-bond acceptors (Lipinski definition) is 3. The minimum Gasteiger partial charge on any atom is -0.508 e. The van der Waals surface area contributed by atoms with E-state index >= 15 is 0 Å². The summed E-state index contributed by atoms with van der Waals surface area (Å²) in [6, 6.07) is 9.19. The van der Waals surface area contributed by atoms with Crippen LogP contribution in [-0.4, -0.2) is 19.8 Å². The lowest BCUT2D eigenvalue weighted by molar-refractivity contribution is 0.451. The van der Waals surface area contributed by atoms with Crippen molar-refractivity contribution >= 4 is 11.0 Å². The fourth-order valence-corrected chi connectivity index (χ4v) is 2.70. The van der Waals surface area contributed by atoms with Crippen molar-refractivity contribution < 1.29 is 14.6 Å². The number of aromatic hydroxyl groups is 2. The highest BCUT2D eigenvalue weighted by Gasteiger charge is 2.29. The molecule has 4 rings (SSSR count). The first-order valence-electron chi connectivity index (χ1n) is 6.83. The van der Waals surface area contributed by atoms with E-state index in [9.17, 15) is 14.6 Å². The molecule has 1 fully saturated rings. The van der Waals surface area contributed by atoms with E-state index in [1.165, 1.54) is 18.2 Å². The van der Waals surface area contributed by atoms with Gasteiger partial charge in [0.25, 0.3) is 0 Å². The SMILES string of the molecule is Oc1cc(O)cc(-c2nc3ccc(F)cc3n2C2CC2)c1. The Morgan fingerprint density at radius 1 is 1.05 bits per heavy atom. The van der Waals surface area contributed by atoms with Crippen LogP contribution < -0.4 is 0 Å². The molecule has 0 atom stereocenters. The number of nitrogens with zero attached hydrogens (tertiary/aromatic N) is 2. The second kappa shape index (κ2) is 4.22. The first-order chi connectivity index (χ1) is 10.1. The first-order valence-corrected chi connectivity index (χ1v) is 6.83. The number of halogens is 1. The standard InChI is InChI=1S/C16H13FN2O2/c17-10-1-4-14-15(7-10)19(11-2-3-11)16(18-14)9-5-12(20)8-13(21)6-9/h1,4-8,11,20-21H,2-3H2. The summed E-state index contributed by atoms with van der Waals surface area (Å²) in [4.78, 5) is 4.54. The van der Waals surface area contributed by atoms with Gasteiger partial charge in [-0.2, -0.15) is 0 Å². The molecule has 1 aliphatic rings. The summed E-state index contributed by atoms with van der Waals surface area (Å²) in [5.74, 6) is 0.301. The molecule has 2 N–H and O–H groups in total. The van der Waals surface area contributed by atoms with Gasteiger partial charge in [0.05, 0.1) is 11.0 Å². The van der Waals surface area contributed by atoms with E-state index < -0.39 is 0 Å². The van der Waals surface area contributed by atoms with Gasteiger partial charge < -0.3 is 14.8 Å². The molecule has 2 aromatic carbocycles. The van der Waals surface area contributed by atoms with Gasteiger partial charge in [-0.15, -0.1) is 0 Å². The fourth-order valence-electron chi connectivity index (χ4n) is 2.70. The topological polar surface area (TPSA) is 58.3 Å². The van der Waals surface area contributed by atoms with E-state index in [2.05, 4.69) is 4.98 Å². The smallest absolute Gasteiger partial charge is 0.141 e. The van der Waals surface area contributed by atoms with Crippen LogP contribution in [0.4, 0.5) is 4.39 Å². The quantitative estimate of drug-likeness (QED) is 0.756. The summed E-state index contributed by atoms with van der Waals surface area (Å²) in [5, 5.41) is 19.3. The molecule has 1 heterocycles. The van der Waals surface area contributed by atoms with Crippen LogP contribution in [0.5, 0.6) is 11.5 Å². The van der Waals surface area contributed by atoms with Crippen molar-refractivity contribution in [2.75, 3.05) is 0 Å². The van der Waals surface area contributed by atoms with Crippen LogP contribution in [0.3, 0.4) is 0 Å². The Hall–Kier alpha value is -2.56. The van der Waals surface area contributed by atoms with Gasteiger partial charge in [0.2, 0.25) is 0 Å². The van der Waals surface area contributed by atoms with Gasteiger partial charge in [-0.05, 0) is 43.2 Å². The van der Waals surface area contributed by atoms with Crippen LogP contribution in [0.25, 0.3) is 22.4 Å². The predicted molar refractivity (Wildman–Crippen MR) is 76.7 cm³/mol. The molecule has 0 saturated heterocycles. The number of phenolic OH excluding ortho intramolecular Hbond substituents is 2. The zero-order valence-electron chi connectivity index (χ0n) is 11.1. The van der Waals surface area contributed by atoms with Crippen LogP contribution in [0.2, 0.25) is 0 Å². The molecule has 1 saturated carbocycles. The zero-order valence-corrected chi connectivity index (χ0v) is 11.1. The summed E-state index contributed by atoms with van der Waals surface area (Å²) in [6.07, 6.45) is 2.06. The van der Waals surface area contributed by atoms with E-state index in [1.54, 1.807) is 18.2 Å². The van der Waals surface area contributed by atoms with Crippen molar-refractivity contribution in [1.82, 2.24) is 9.55 Å². The molecule has 21 heavy (non-hydrogen) atoms. The average Bonchev–Trinajstić information content (AvgIpc) is 3.18. The highest BCUT2D eigenvalue weighted by molar-refractivity contribution is 5.81. The number of rotatable bonds is 2. The maximum atomic E-state index is 13.5. The lowest BCUT2D eigenvalue weighted by Crippen LogP contribution is -1.97. The van der Waals surface area contributed by atoms with E-state index in [4.69, 9.17) is 0 Å². The highest BCUT2D eigenvalue weighted by atomic mass is 19.1. The van der Waals surface area contributed by atoms with Crippen LogP contribution in [0.1, 0.15) is 18.9 Å². The molecule has 0 amide bonds. The average molecular weight is 284 g/mol. The number of aromatic nitrogens is 2. The molecular weight excluding hydrogens is 271 g/mol. The van der Waals surface area contributed by atoms with Crippen molar-refractivity contribution in [3.63, 3.8) is 0 Å². The van der Waals surface area contributed by atoms with Gasteiger partial charge >= 0.3 is 0 Å². The van der Waals surface area contributed by atoms with Crippen LogP contribution in [0.15, 0.2) is 36.4 Å². The monoisotopic (exact) mass is 284 g/mol. The third kappa shape index (κ3) is 2.01. The Morgan fingerprint density at radius 3 is 2.43 bits per heavy atom. The summed E-state index contributed by atoms with van der Waals surface area (Å²) < 4.78 is 15.5. The van der Waals surface area contributed by atoms with Crippen molar-refractivity contribution in [2.24, 2.45) is 0 Å². The normalized spacial score (nSPS) is 14.7. The molecule has 0 unspecified atom stereocenters. The Balaban J connectivity index is 2.01. The van der Waals surface area contributed by atoms with Gasteiger partial charge in [0.1, 0.15) is 23.1 Å². The summed E-state index contributed by atoms with van der Waals surface area (Å²) >= 11 is 0. The number of benzene rings is 2. The van der Waals surface area contributed by atoms with E-state index in [1.807, 2.05) is 4.57 Å². The fraction of sp³-hybridized carbons (Fsp3) is 0.188. The maximum Gasteiger partial charge on any atom is 0.141 e. The number of imidazole rings is 1. The van der Waals surface area contributed by atoms with Gasteiger partial charge in [0.15, 0.2) is 0 Å². The second-order valence-electron chi connectivity index (χ2n) is 5.41. The Morgan fingerprint density at radius 2 is 1.76 bits per heavy atom. The molecule has 1 aliphatic carbocycles. The van der Waals surface area contributed by atoms with Crippen molar-refractivity contribution in [1.29, 1.82) is 0 Å². The van der Waals surface area contributed by atoms with Gasteiger partial charge in [0, 0.05) is 17.7 Å². The third-order valence-electron chi connectivity index (χ3n) is 3.72. The van der Waals surface area contributed by atoms with Crippen LogP contribution in [-0.2, 0) is 0 Å². The number of phenols is 2. The molecule has 1 aromatic heterocycles. The summed E-state index contributed by atoms with van der Waals surface area (Å²) in [7, 11) is 0.